The predicted octanol–water partition coefficient (Wildman–Crippen LogP) is 3.36. The first-order valence-electron chi connectivity index (χ1n) is 8.58. The summed E-state index contributed by atoms with van der Waals surface area (Å²) in [6.07, 6.45) is 2.25. The second-order valence-corrected chi connectivity index (χ2v) is 6.25. The van der Waals surface area contributed by atoms with Crippen LogP contribution in [0, 0.1) is 17.8 Å². The molecule has 0 spiro atoms. The number of hydrogen-bond acceptors (Lipinski definition) is 4. The molecular weight excluding hydrogens is 335 g/mol. The number of halogens is 1. The van der Waals surface area contributed by atoms with Gasteiger partial charge < -0.3 is 14.0 Å². The van der Waals surface area contributed by atoms with E-state index in [1.165, 1.54) is 10.9 Å². The van der Waals surface area contributed by atoms with Gasteiger partial charge in [0.1, 0.15) is 0 Å². The van der Waals surface area contributed by atoms with Crippen LogP contribution in [0.2, 0.25) is 0 Å². The number of rotatable bonds is 4. The third-order valence-corrected chi connectivity index (χ3v) is 4.58. The third-order valence-electron chi connectivity index (χ3n) is 4.58. The van der Waals surface area contributed by atoms with Crippen molar-refractivity contribution in [3.05, 3.63) is 53.9 Å². The average Bonchev–Trinajstić information content (AvgIpc) is 3.04. The molecule has 6 heteroatoms. The Balaban J connectivity index is 1.90. The van der Waals surface area contributed by atoms with Crippen molar-refractivity contribution in [1.82, 2.24) is 9.55 Å². The molecule has 3 rings (SSSR count). The van der Waals surface area contributed by atoms with Crippen molar-refractivity contribution in [3.8, 4) is 11.8 Å². The summed E-state index contributed by atoms with van der Waals surface area (Å²) in [5, 5.41) is 0. The van der Waals surface area contributed by atoms with Gasteiger partial charge in [0.2, 0.25) is 5.95 Å². The van der Waals surface area contributed by atoms with E-state index >= 15 is 0 Å². The summed E-state index contributed by atoms with van der Waals surface area (Å²) in [6.45, 7) is 4.46. The highest BCUT2D eigenvalue weighted by atomic mass is 19.1. The topological polar surface area (TPSA) is 53.3 Å². The van der Waals surface area contributed by atoms with E-state index in [-0.39, 0.29) is 11.7 Å². The van der Waals surface area contributed by atoms with Gasteiger partial charge >= 0.3 is 5.97 Å². The molecule has 1 aliphatic heterocycles. The summed E-state index contributed by atoms with van der Waals surface area (Å²) in [5.74, 6) is 4.17. The molecule has 5 nitrogen and oxygen atoms in total. The summed E-state index contributed by atoms with van der Waals surface area (Å²) in [7, 11) is 0. The Hall–Kier alpha value is -2.65. The molecule has 136 valence electrons. The fraction of sp³-hybridized carbons (Fsp3) is 0.400. The Morgan fingerprint density at radius 2 is 2.04 bits per heavy atom. The molecule has 1 aromatic carbocycles. The first kappa shape index (κ1) is 18.2. The van der Waals surface area contributed by atoms with Gasteiger partial charge in [-0.15, -0.1) is 5.92 Å². The van der Waals surface area contributed by atoms with Crippen molar-refractivity contribution in [2.45, 2.75) is 38.3 Å². The molecule has 1 aliphatic rings. The highest BCUT2D eigenvalue weighted by Crippen LogP contribution is 2.28. The lowest BCUT2D eigenvalue weighted by atomic mass is 9.94. The summed E-state index contributed by atoms with van der Waals surface area (Å²) < 4.78 is 26.8. The zero-order valence-corrected chi connectivity index (χ0v) is 14.9. The van der Waals surface area contributed by atoms with Crippen molar-refractivity contribution in [2.24, 2.45) is 0 Å². The molecule has 0 saturated carbocycles. The fourth-order valence-corrected chi connectivity index (χ4v) is 3.12. The average molecular weight is 356 g/mol. The van der Waals surface area contributed by atoms with Crippen LogP contribution >= 0.6 is 0 Å². The Kier molecular flexibility index (Phi) is 5.38. The first-order chi connectivity index (χ1) is 12.6. The molecule has 2 aromatic rings. The number of ether oxygens (including phenoxy) is 2. The molecule has 26 heavy (non-hydrogen) atoms. The molecule has 0 amide bonds. The monoisotopic (exact) mass is 356 g/mol. The van der Waals surface area contributed by atoms with Crippen molar-refractivity contribution >= 4 is 5.97 Å². The maximum atomic E-state index is 14.3. The van der Waals surface area contributed by atoms with Crippen LogP contribution in [0.15, 0.2) is 36.7 Å². The molecule has 1 aromatic heterocycles. The Morgan fingerprint density at radius 3 is 2.69 bits per heavy atom. The van der Waals surface area contributed by atoms with Gasteiger partial charge in [-0.2, -0.15) is 4.39 Å². The lowest BCUT2D eigenvalue weighted by molar-refractivity contribution is -0.0496. The van der Waals surface area contributed by atoms with Crippen molar-refractivity contribution in [3.63, 3.8) is 0 Å². The number of hydrogen-bond donors (Lipinski definition) is 0. The van der Waals surface area contributed by atoms with E-state index in [1.807, 2.05) is 37.3 Å². The maximum absolute atomic E-state index is 14.3. The van der Waals surface area contributed by atoms with Gasteiger partial charge in [0.05, 0.1) is 25.6 Å². The van der Waals surface area contributed by atoms with Gasteiger partial charge in [0.15, 0.2) is 11.3 Å². The molecule has 0 unspecified atom stereocenters. The van der Waals surface area contributed by atoms with E-state index in [0.29, 0.717) is 26.1 Å². The van der Waals surface area contributed by atoms with Crippen LogP contribution in [0.5, 0.6) is 0 Å². The normalized spacial score (nSPS) is 17.0. The number of benzene rings is 1. The largest absolute Gasteiger partial charge is 0.441 e. The predicted molar refractivity (Wildman–Crippen MR) is 94.1 cm³/mol. The zero-order chi connectivity index (χ0) is 18.6. The fourth-order valence-electron chi connectivity index (χ4n) is 3.12. The molecule has 1 atom stereocenters. The zero-order valence-electron chi connectivity index (χ0n) is 14.9. The lowest BCUT2D eigenvalue weighted by Gasteiger charge is -2.32. The SMILES string of the molecule is CC#CC1(OC(=O)c2c(F)ncn2[C@H](C)c2ccccc2)CCOCC1. The maximum Gasteiger partial charge on any atom is 0.361 e. The molecular formula is C20H21FN2O3. The van der Waals surface area contributed by atoms with E-state index in [2.05, 4.69) is 16.8 Å². The first-order valence-corrected chi connectivity index (χ1v) is 8.58. The summed E-state index contributed by atoms with van der Waals surface area (Å²) in [4.78, 5) is 16.5. The van der Waals surface area contributed by atoms with Gasteiger partial charge in [-0.05, 0) is 19.4 Å². The third kappa shape index (κ3) is 3.63. The molecule has 0 radical (unpaired) electrons. The summed E-state index contributed by atoms with van der Waals surface area (Å²) >= 11 is 0. The number of carbonyl (C=O) groups excluding carboxylic acids is 1. The molecule has 0 bridgehead atoms. The van der Waals surface area contributed by atoms with Crippen LogP contribution in [0.3, 0.4) is 0 Å². The smallest absolute Gasteiger partial charge is 0.361 e. The van der Waals surface area contributed by atoms with Gasteiger partial charge in [-0.1, -0.05) is 36.3 Å². The van der Waals surface area contributed by atoms with Gasteiger partial charge in [-0.25, -0.2) is 9.78 Å². The highest BCUT2D eigenvalue weighted by molar-refractivity contribution is 5.88. The van der Waals surface area contributed by atoms with Crippen LogP contribution in [0.25, 0.3) is 0 Å². The van der Waals surface area contributed by atoms with Crippen LogP contribution in [-0.4, -0.2) is 34.3 Å². The quantitative estimate of drug-likeness (QED) is 0.623. The Labute approximate surface area is 152 Å². The number of aromatic nitrogens is 2. The summed E-state index contributed by atoms with van der Waals surface area (Å²) in [6, 6.07) is 9.26. The van der Waals surface area contributed by atoms with Gasteiger partial charge in [-0.3, -0.25) is 0 Å². The van der Waals surface area contributed by atoms with E-state index in [9.17, 15) is 9.18 Å². The van der Waals surface area contributed by atoms with Gasteiger partial charge in [0.25, 0.3) is 0 Å². The molecule has 0 aliphatic carbocycles. The van der Waals surface area contributed by atoms with E-state index in [1.54, 1.807) is 6.92 Å². The number of nitrogens with zero attached hydrogens (tertiary/aromatic N) is 2. The standard InChI is InChI=1S/C20H21FN2O3/c1-3-9-20(10-12-25-13-11-20)26-19(24)17-18(21)22-14-23(17)15(2)16-7-5-4-6-8-16/h4-8,14-15H,10-13H2,1-2H3/t15-/m1/s1. The minimum atomic E-state index is -0.943. The minimum absolute atomic E-state index is 0.190. The van der Waals surface area contributed by atoms with Crippen molar-refractivity contribution < 1.29 is 18.7 Å². The van der Waals surface area contributed by atoms with Crippen molar-refractivity contribution in [2.75, 3.05) is 13.2 Å². The van der Waals surface area contributed by atoms with Gasteiger partial charge in [0, 0.05) is 12.8 Å². The summed E-state index contributed by atoms with van der Waals surface area (Å²) in [5.41, 5.74) is -0.195. The molecule has 2 heterocycles. The van der Waals surface area contributed by atoms with E-state index < -0.39 is 17.5 Å². The van der Waals surface area contributed by atoms with Crippen LogP contribution < -0.4 is 0 Å². The van der Waals surface area contributed by atoms with Crippen LogP contribution in [0.1, 0.15) is 48.8 Å². The Morgan fingerprint density at radius 1 is 1.35 bits per heavy atom. The molecule has 1 fully saturated rings. The molecule has 0 N–H and O–H groups in total. The second-order valence-electron chi connectivity index (χ2n) is 6.25. The van der Waals surface area contributed by atoms with E-state index in [4.69, 9.17) is 9.47 Å². The molecule has 1 saturated heterocycles. The number of imidazole rings is 1. The van der Waals surface area contributed by atoms with Crippen LogP contribution in [-0.2, 0) is 9.47 Å². The second kappa shape index (κ2) is 7.71. The lowest BCUT2D eigenvalue weighted by Crippen LogP contribution is -2.40. The van der Waals surface area contributed by atoms with E-state index in [0.717, 1.165) is 5.56 Å². The highest BCUT2D eigenvalue weighted by Gasteiger charge is 2.37. The number of carbonyl (C=O) groups is 1. The Bertz CT molecular complexity index is 830. The minimum Gasteiger partial charge on any atom is -0.441 e. The van der Waals surface area contributed by atoms with Crippen molar-refractivity contribution in [1.29, 1.82) is 0 Å². The van der Waals surface area contributed by atoms with Crippen LogP contribution in [0.4, 0.5) is 4.39 Å². The number of esters is 1.